The minimum atomic E-state index is -0.401. The van der Waals surface area contributed by atoms with Gasteiger partial charge in [0, 0.05) is 35.2 Å². The van der Waals surface area contributed by atoms with Gasteiger partial charge in [-0.3, -0.25) is 0 Å². The molecule has 30 heavy (non-hydrogen) atoms. The number of piperidine rings is 1. The molecule has 6 nitrogen and oxygen atoms in total. The molecule has 0 saturated carbocycles. The van der Waals surface area contributed by atoms with E-state index in [1.807, 2.05) is 42.6 Å². The number of aromatic amines is 1. The first-order valence-electron chi connectivity index (χ1n) is 10.4. The smallest absolute Gasteiger partial charge is 0.319 e. The van der Waals surface area contributed by atoms with Gasteiger partial charge in [-0.2, -0.15) is 0 Å². The van der Waals surface area contributed by atoms with Crippen LogP contribution < -0.4 is 15.5 Å². The van der Waals surface area contributed by atoms with Gasteiger partial charge in [-0.1, -0.05) is 29.8 Å². The van der Waals surface area contributed by atoms with Crippen molar-refractivity contribution >= 4 is 39.9 Å². The third-order valence-electron chi connectivity index (χ3n) is 5.60. The SMILES string of the molecule is O=C(Nc1cc(Cl)ccc1N1CCCCC1)NC(CO)Cc1c[nH]c2ccccc12. The van der Waals surface area contributed by atoms with Gasteiger partial charge < -0.3 is 25.6 Å². The van der Waals surface area contributed by atoms with Crippen LogP contribution in [0.25, 0.3) is 10.9 Å². The summed E-state index contributed by atoms with van der Waals surface area (Å²) < 4.78 is 0. The Morgan fingerprint density at radius 1 is 1.17 bits per heavy atom. The van der Waals surface area contributed by atoms with Gasteiger partial charge >= 0.3 is 6.03 Å². The average Bonchev–Trinajstić information content (AvgIpc) is 3.17. The van der Waals surface area contributed by atoms with Gasteiger partial charge in [-0.25, -0.2) is 4.79 Å². The number of amides is 2. The van der Waals surface area contributed by atoms with Gasteiger partial charge in [0.2, 0.25) is 0 Å². The van der Waals surface area contributed by atoms with Gasteiger partial charge in [-0.05, 0) is 55.5 Å². The Morgan fingerprint density at radius 3 is 2.77 bits per heavy atom. The highest BCUT2D eigenvalue weighted by molar-refractivity contribution is 6.31. The Bertz CT molecular complexity index is 1010. The molecule has 1 aliphatic rings. The van der Waals surface area contributed by atoms with Crippen molar-refractivity contribution in [2.75, 3.05) is 29.9 Å². The number of H-pyrrole nitrogens is 1. The summed E-state index contributed by atoms with van der Waals surface area (Å²) in [5, 5.41) is 17.3. The number of halogens is 1. The van der Waals surface area contributed by atoms with Crippen molar-refractivity contribution < 1.29 is 9.90 Å². The standard InChI is InChI=1S/C23H27ClN4O2/c24-17-8-9-22(28-10-4-1-5-11-28)21(13-17)27-23(30)26-18(15-29)12-16-14-25-20-7-3-2-6-19(16)20/h2-3,6-9,13-14,18,25,29H,1,4-5,10-12,15H2,(H2,26,27,30). The van der Waals surface area contributed by atoms with Crippen LogP contribution in [-0.4, -0.2) is 41.9 Å². The lowest BCUT2D eigenvalue weighted by Crippen LogP contribution is -2.42. The highest BCUT2D eigenvalue weighted by Gasteiger charge is 2.18. The van der Waals surface area contributed by atoms with Crippen LogP contribution in [0.1, 0.15) is 24.8 Å². The molecule has 2 heterocycles. The molecule has 3 aromatic rings. The van der Waals surface area contributed by atoms with Crippen LogP contribution in [0.3, 0.4) is 0 Å². The maximum Gasteiger partial charge on any atom is 0.319 e. The van der Waals surface area contributed by atoms with Gasteiger partial charge in [-0.15, -0.1) is 0 Å². The number of benzene rings is 2. The Morgan fingerprint density at radius 2 is 1.97 bits per heavy atom. The number of aliphatic hydroxyl groups is 1. The van der Waals surface area contributed by atoms with E-state index in [9.17, 15) is 9.90 Å². The van der Waals surface area contributed by atoms with E-state index >= 15 is 0 Å². The Kier molecular flexibility index (Phi) is 6.45. The highest BCUT2D eigenvalue weighted by atomic mass is 35.5. The Balaban J connectivity index is 1.45. The first-order chi connectivity index (χ1) is 14.6. The van der Waals surface area contributed by atoms with Crippen LogP contribution in [0.15, 0.2) is 48.7 Å². The van der Waals surface area contributed by atoms with Crippen molar-refractivity contribution in [3.63, 3.8) is 0 Å². The molecule has 1 unspecified atom stereocenters. The molecule has 1 fully saturated rings. The average molecular weight is 427 g/mol. The molecule has 1 atom stereocenters. The summed E-state index contributed by atoms with van der Waals surface area (Å²) in [4.78, 5) is 18.2. The number of fused-ring (bicyclic) bond motifs is 1. The minimum absolute atomic E-state index is 0.151. The van der Waals surface area contributed by atoms with Crippen LogP contribution in [0.4, 0.5) is 16.2 Å². The summed E-state index contributed by atoms with van der Waals surface area (Å²) in [5.41, 5.74) is 3.76. The molecular formula is C23H27ClN4O2. The van der Waals surface area contributed by atoms with Crippen molar-refractivity contribution in [2.45, 2.75) is 31.7 Å². The van der Waals surface area contributed by atoms with Gasteiger partial charge in [0.15, 0.2) is 0 Å². The van der Waals surface area contributed by atoms with Gasteiger partial charge in [0.25, 0.3) is 0 Å². The number of hydrogen-bond acceptors (Lipinski definition) is 3. The minimum Gasteiger partial charge on any atom is -0.394 e. The molecule has 158 valence electrons. The van der Waals surface area contributed by atoms with E-state index in [0.29, 0.717) is 17.1 Å². The molecule has 0 spiro atoms. The van der Waals surface area contributed by atoms with Crippen LogP contribution in [0.2, 0.25) is 5.02 Å². The van der Waals surface area contributed by atoms with Crippen LogP contribution in [-0.2, 0) is 6.42 Å². The predicted octanol–water partition coefficient (Wildman–Crippen LogP) is 4.54. The summed E-state index contributed by atoms with van der Waals surface area (Å²) in [5.74, 6) is 0. The number of para-hydroxylation sites is 1. The number of nitrogens with zero attached hydrogens (tertiary/aromatic N) is 1. The number of hydrogen-bond donors (Lipinski definition) is 4. The summed E-state index contributed by atoms with van der Waals surface area (Å²) in [6, 6.07) is 12.8. The highest BCUT2D eigenvalue weighted by Crippen LogP contribution is 2.31. The summed E-state index contributed by atoms with van der Waals surface area (Å²) in [6.07, 6.45) is 5.98. The normalized spacial score (nSPS) is 15.2. The third kappa shape index (κ3) is 4.71. The van der Waals surface area contributed by atoms with E-state index in [1.54, 1.807) is 6.07 Å². The zero-order valence-corrected chi connectivity index (χ0v) is 17.6. The van der Waals surface area contributed by atoms with Gasteiger partial charge in [0.05, 0.1) is 24.0 Å². The first-order valence-corrected chi connectivity index (χ1v) is 10.8. The molecule has 4 N–H and O–H groups in total. The summed E-state index contributed by atoms with van der Waals surface area (Å²) in [7, 11) is 0. The second kappa shape index (κ2) is 9.41. The molecule has 0 aliphatic carbocycles. The van der Waals surface area contributed by atoms with Crippen molar-refractivity contribution in [3.05, 3.63) is 59.2 Å². The number of urea groups is 1. The monoisotopic (exact) mass is 426 g/mol. The number of carbonyl (C=O) groups excluding carboxylic acids is 1. The molecule has 1 aromatic heterocycles. The van der Waals surface area contributed by atoms with E-state index < -0.39 is 6.04 Å². The van der Waals surface area contributed by atoms with Gasteiger partial charge in [0.1, 0.15) is 0 Å². The first kappa shape index (κ1) is 20.6. The summed E-state index contributed by atoms with van der Waals surface area (Å²) >= 11 is 6.19. The lowest BCUT2D eigenvalue weighted by atomic mass is 10.1. The van der Waals surface area contributed by atoms with E-state index in [1.165, 1.54) is 6.42 Å². The number of rotatable bonds is 6. The Hall–Kier alpha value is -2.70. The summed E-state index contributed by atoms with van der Waals surface area (Å²) in [6.45, 7) is 1.79. The number of anilines is 2. The fraction of sp³-hybridized carbons (Fsp3) is 0.348. The third-order valence-corrected chi connectivity index (χ3v) is 5.84. The van der Waals surface area contributed by atoms with E-state index in [4.69, 9.17) is 11.6 Å². The lowest BCUT2D eigenvalue weighted by molar-refractivity contribution is 0.224. The fourth-order valence-corrected chi connectivity index (χ4v) is 4.26. The Labute approximate surface area is 181 Å². The molecular weight excluding hydrogens is 400 g/mol. The van der Waals surface area contributed by atoms with E-state index in [2.05, 4.69) is 20.5 Å². The van der Waals surface area contributed by atoms with Crippen molar-refractivity contribution in [3.8, 4) is 0 Å². The largest absolute Gasteiger partial charge is 0.394 e. The maximum absolute atomic E-state index is 12.7. The number of aromatic nitrogens is 1. The topological polar surface area (TPSA) is 80.4 Å². The molecule has 0 bridgehead atoms. The maximum atomic E-state index is 12.7. The van der Waals surface area contributed by atoms with Crippen molar-refractivity contribution in [1.29, 1.82) is 0 Å². The van der Waals surface area contributed by atoms with Crippen molar-refractivity contribution in [1.82, 2.24) is 10.3 Å². The van der Waals surface area contributed by atoms with Crippen molar-refractivity contribution in [2.24, 2.45) is 0 Å². The zero-order valence-electron chi connectivity index (χ0n) is 16.8. The molecule has 4 rings (SSSR count). The zero-order chi connectivity index (χ0) is 20.9. The van der Waals surface area contributed by atoms with Crippen LogP contribution in [0, 0.1) is 0 Å². The second-order valence-electron chi connectivity index (χ2n) is 7.75. The van der Waals surface area contributed by atoms with Crippen LogP contribution >= 0.6 is 11.6 Å². The second-order valence-corrected chi connectivity index (χ2v) is 8.19. The predicted molar refractivity (Wildman–Crippen MR) is 123 cm³/mol. The molecule has 2 amide bonds. The molecule has 1 aliphatic heterocycles. The lowest BCUT2D eigenvalue weighted by Gasteiger charge is -2.30. The number of aliphatic hydroxyl groups excluding tert-OH is 1. The molecule has 7 heteroatoms. The molecule has 1 saturated heterocycles. The fourth-order valence-electron chi connectivity index (χ4n) is 4.09. The van der Waals surface area contributed by atoms with E-state index in [0.717, 1.165) is 48.1 Å². The number of nitrogens with one attached hydrogen (secondary N) is 3. The molecule has 2 aromatic carbocycles. The van der Waals surface area contributed by atoms with Crippen LogP contribution in [0.5, 0.6) is 0 Å². The quantitative estimate of drug-likeness (QED) is 0.467. The molecule has 0 radical (unpaired) electrons. The number of carbonyl (C=O) groups is 1. The van der Waals surface area contributed by atoms with E-state index in [-0.39, 0.29) is 12.6 Å².